The Balaban J connectivity index is 2.46. The molecule has 0 aliphatic carbocycles. The standard InChI is InChI=1S/C15H24N4O/c1-10-9-11(2)18-15(13(10)14(17)20)19-8-4-3-5-12(19)6-7-16/h9,12H,3-8,16H2,1-2H3,(H2,17,20). The molecule has 110 valence electrons. The number of hydrogen-bond donors (Lipinski definition) is 2. The lowest BCUT2D eigenvalue weighted by Gasteiger charge is -2.37. The van der Waals surface area contributed by atoms with Crippen molar-refractivity contribution in [3.05, 3.63) is 22.9 Å². The van der Waals surface area contributed by atoms with E-state index in [9.17, 15) is 4.79 Å². The predicted octanol–water partition coefficient (Wildman–Crippen LogP) is 1.51. The molecule has 1 amide bonds. The molecule has 0 aromatic carbocycles. The van der Waals surface area contributed by atoms with Gasteiger partial charge in [0.15, 0.2) is 0 Å². The summed E-state index contributed by atoms with van der Waals surface area (Å²) in [5.41, 5.74) is 13.7. The molecule has 1 unspecified atom stereocenters. The highest BCUT2D eigenvalue weighted by Gasteiger charge is 2.27. The third kappa shape index (κ3) is 2.93. The SMILES string of the molecule is Cc1cc(C)c(C(N)=O)c(N2CCCCC2CCN)n1. The van der Waals surface area contributed by atoms with Gasteiger partial charge in [0.2, 0.25) is 0 Å². The van der Waals surface area contributed by atoms with E-state index < -0.39 is 5.91 Å². The molecule has 0 spiro atoms. The number of carbonyl (C=O) groups excluding carboxylic acids is 1. The molecule has 2 heterocycles. The third-order valence-electron chi connectivity index (χ3n) is 3.97. The highest BCUT2D eigenvalue weighted by Crippen LogP contribution is 2.29. The molecule has 1 atom stereocenters. The fraction of sp³-hybridized carbons (Fsp3) is 0.600. The minimum absolute atomic E-state index is 0.362. The second-order valence-electron chi connectivity index (χ2n) is 5.56. The van der Waals surface area contributed by atoms with E-state index in [1.54, 1.807) is 0 Å². The number of anilines is 1. The summed E-state index contributed by atoms with van der Waals surface area (Å²) in [6.45, 7) is 5.43. The zero-order valence-electron chi connectivity index (χ0n) is 12.4. The van der Waals surface area contributed by atoms with E-state index in [0.717, 1.165) is 42.9 Å². The van der Waals surface area contributed by atoms with Crippen LogP contribution >= 0.6 is 0 Å². The van der Waals surface area contributed by atoms with Crippen molar-refractivity contribution in [1.29, 1.82) is 0 Å². The van der Waals surface area contributed by atoms with E-state index in [1.807, 2.05) is 19.9 Å². The molecule has 0 radical (unpaired) electrons. The molecule has 1 aromatic heterocycles. The van der Waals surface area contributed by atoms with Gasteiger partial charge in [-0.15, -0.1) is 0 Å². The lowest BCUT2D eigenvalue weighted by Crippen LogP contribution is -2.42. The summed E-state index contributed by atoms with van der Waals surface area (Å²) in [5.74, 6) is 0.343. The van der Waals surface area contributed by atoms with Crippen LogP contribution in [0.2, 0.25) is 0 Å². The van der Waals surface area contributed by atoms with Crippen LogP contribution in [-0.4, -0.2) is 30.0 Å². The fourth-order valence-electron chi connectivity index (χ4n) is 3.10. The van der Waals surface area contributed by atoms with Crippen LogP contribution in [0.1, 0.15) is 47.3 Å². The first kappa shape index (κ1) is 14.8. The Morgan fingerprint density at radius 2 is 2.20 bits per heavy atom. The van der Waals surface area contributed by atoms with E-state index in [2.05, 4.69) is 9.88 Å². The number of aryl methyl sites for hydroxylation is 2. The van der Waals surface area contributed by atoms with Gasteiger partial charge in [-0.25, -0.2) is 4.98 Å². The average Bonchev–Trinajstić information content (AvgIpc) is 2.38. The number of carbonyl (C=O) groups is 1. The molecule has 1 aliphatic heterocycles. The van der Waals surface area contributed by atoms with Gasteiger partial charge in [0.25, 0.3) is 5.91 Å². The normalized spacial score (nSPS) is 19.1. The van der Waals surface area contributed by atoms with Gasteiger partial charge in [-0.3, -0.25) is 4.79 Å². The van der Waals surface area contributed by atoms with Crippen molar-refractivity contribution in [1.82, 2.24) is 4.98 Å². The maximum absolute atomic E-state index is 11.8. The topological polar surface area (TPSA) is 85.2 Å². The second kappa shape index (κ2) is 6.22. The minimum Gasteiger partial charge on any atom is -0.365 e. The number of pyridine rings is 1. The largest absolute Gasteiger partial charge is 0.365 e. The molecule has 4 N–H and O–H groups in total. The lowest BCUT2D eigenvalue weighted by atomic mass is 9.97. The Hall–Kier alpha value is -1.62. The molecule has 1 saturated heterocycles. The van der Waals surface area contributed by atoms with Gasteiger partial charge >= 0.3 is 0 Å². The first-order chi connectivity index (χ1) is 9.54. The van der Waals surface area contributed by atoms with Gasteiger partial charge in [0, 0.05) is 18.3 Å². The highest BCUT2D eigenvalue weighted by molar-refractivity contribution is 5.99. The van der Waals surface area contributed by atoms with Crippen molar-refractivity contribution in [2.75, 3.05) is 18.0 Å². The Labute approximate surface area is 120 Å². The smallest absolute Gasteiger partial charge is 0.252 e. The highest BCUT2D eigenvalue weighted by atomic mass is 16.1. The van der Waals surface area contributed by atoms with E-state index in [-0.39, 0.29) is 0 Å². The summed E-state index contributed by atoms with van der Waals surface area (Å²) in [5, 5.41) is 0. The Bertz CT molecular complexity index is 499. The van der Waals surface area contributed by atoms with Crippen LogP contribution in [0.3, 0.4) is 0 Å². The first-order valence-corrected chi connectivity index (χ1v) is 7.29. The molecule has 20 heavy (non-hydrogen) atoms. The molecule has 5 heteroatoms. The van der Waals surface area contributed by atoms with Crippen LogP contribution in [0, 0.1) is 13.8 Å². The quantitative estimate of drug-likeness (QED) is 0.872. The lowest BCUT2D eigenvalue weighted by molar-refractivity contribution is 0.0999. The van der Waals surface area contributed by atoms with E-state index in [1.165, 1.54) is 6.42 Å². The number of amides is 1. The van der Waals surface area contributed by atoms with Crippen LogP contribution in [0.25, 0.3) is 0 Å². The third-order valence-corrected chi connectivity index (χ3v) is 3.97. The van der Waals surface area contributed by atoms with Gasteiger partial charge in [-0.2, -0.15) is 0 Å². The fourth-order valence-corrected chi connectivity index (χ4v) is 3.10. The summed E-state index contributed by atoms with van der Waals surface area (Å²) in [6, 6.07) is 2.27. The van der Waals surface area contributed by atoms with Gasteiger partial charge in [0.1, 0.15) is 5.82 Å². The number of piperidine rings is 1. The number of hydrogen-bond acceptors (Lipinski definition) is 4. The van der Waals surface area contributed by atoms with Crippen LogP contribution < -0.4 is 16.4 Å². The van der Waals surface area contributed by atoms with Crippen molar-refractivity contribution in [2.45, 2.75) is 45.6 Å². The average molecular weight is 276 g/mol. The second-order valence-corrected chi connectivity index (χ2v) is 5.56. The zero-order valence-corrected chi connectivity index (χ0v) is 12.4. The Morgan fingerprint density at radius 1 is 1.45 bits per heavy atom. The molecule has 5 nitrogen and oxygen atoms in total. The van der Waals surface area contributed by atoms with Gasteiger partial charge in [0.05, 0.1) is 5.56 Å². The van der Waals surface area contributed by atoms with Crippen molar-refractivity contribution in [2.24, 2.45) is 11.5 Å². The van der Waals surface area contributed by atoms with E-state index >= 15 is 0 Å². The molecule has 1 fully saturated rings. The summed E-state index contributed by atoms with van der Waals surface area (Å²) in [4.78, 5) is 18.6. The number of rotatable bonds is 4. The van der Waals surface area contributed by atoms with E-state index in [0.29, 0.717) is 18.2 Å². The predicted molar refractivity (Wildman–Crippen MR) is 80.9 cm³/mol. The van der Waals surface area contributed by atoms with Crippen molar-refractivity contribution >= 4 is 11.7 Å². The Kier molecular flexibility index (Phi) is 4.60. The van der Waals surface area contributed by atoms with Crippen LogP contribution in [0.4, 0.5) is 5.82 Å². The number of nitrogens with two attached hydrogens (primary N) is 2. The molecule has 0 bridgehead atoms. The van der Waals surface area contributed by atoms with Crippen molar-refractivity contribution in [3.8, 4) is 0 Å². The van der Waals surface area contributed by atoms with Crippen LogP contribution in [-0.2, 0) is 0 Å². The van der Waals surface area contributed by atoms with Gasteiger partial charge < -0.3 is 16.4 Å². The van der Waals surface area contributed by atoms with Crippen LogP contribution in [0.15, 0.2) is 6.07 Å². The molecular formula is C15H24N4O. The molecule has 0 saturated carbocycles. The van der Waals surface area contributed by atoms with E-state index in [4.69, 9.17) is 11.5 Å². The first-order valence-electron chi connectivity index (χ1n) is 7.29. The number of primary amides is 1. The molecule has 2 rings (SSSR count). The maximum Gasteiger partial charge on any atom is 0.252 e. The number of aromatic nitrogens is 1. The Morgan fingerprint density at radius 3 is 2.85 bits per heavy atom. The van der Waals surface area contributed by atoms with Crippen molar-refractivity contribution < 1.29 is 4.79 Å². The van der Waals surface area contributed by atoms with Crippen LogP contribution in [0.5, 0.6) is 0 Å². The van der Waals surface area contributed by atoms with Gasteiger partial charge in [-0.05, 0) is 57.7 Å². The van der Waals surface area contributed by atoms with Crippen molar-refractivity contribution in [3.63, 3.8) is 0 Å². The maximum atomic E-state index is 11.8. The summed E-state index contributed by atoms with van der Waals surface area (Å²) in [6.07, 6.45) is 4.35. The molecule has 1 aliphatic rings. The monoisotopic (exact) mass is 276 g/mol. The van der Waals surface area contributed by atoms with Gasteiger partial charge in [-0.1, -0.05) is 0 Å². The molecular weight excluding hydrogens is 252 g/mol. The summed E-state index contributed by atoms with van der Waals surface area (Å²) in [7, 11) is 0. The summed E-state index contributed by atoms with van der Waals surface area (Å²) < 4.78 is 0. The minimum atomic E-state index is -0.401. The summed E-state index contributed by atoms with van der Waals surface area (Å²) >= 11 is 0. The molecule has 1 aromatic rings. The zero-order chi connectivity index (χ0) is 14.7. The number of nitrogens with zero attached hydrogens (tertiary/aromatic N) is 2.